The molecule has 10 heteroatoms. The van der Waals surface area contributed by atoms with Crippen molar-refractivity contribution in [1.29, 1.82) is 0 Å². The molecule has 0 bridgehead atoms. The number of phosphoric acid groups is 1. The Hall–Kier alpha value is -1.51. The third kappa shape index (κ3) is 34.4. The number of rotatable bonds is 36. The van der Waals surface area contributed by atoms with Crippen molar-refractivity contribution in [2.45, 2.75) is 180 Å². The van der Waals surface area contributed by atoms with Crippen LogP contribution in [-0.4, -0.2) is 49.3 Å². The van der Waals surface area contributed by atoms with E-state index in [4.69, 9.17) is 24.3 Å². The SMILES string of the molecule is CCC/C=C\CCCCCCCC(=O)OCC(COP(=O)(O)OCCN)OC(=O)CCCCCCCCC/C=C\CCCCCCCC. The molecule has 0 aliphatic heterocycles. The fraction of sp³-hybridized carbons (Fsp3) is 0.842. The molecule has 0 aliphatic carbocycles. The first kappa shape index (κ1) is 46.5. The molecule has 0 aromatic carbocycles. The summed E-state index contributed by atoms with van der Waals surface area (Å²) in [5, 5.41) is 0. The summed E-state index contributed by atoms with van der Waals surface area (Å²) in [5.41, 5.74) is 5.33. The van der Waals surface area contributed by atoms with Gasteiger partial charge in [-0.05, 0) is 57.8 Å². The van der Waals surface area contributed by atoms with Crippen LogP contribution in [0.25, 0.3) is 0 Å². The second-order valence-corrected chi connectivity index (χ2v) is 14.2. The summed E-state index contributed by atoms with van der Waals surface area (Å²) < 4.78 is 32.6. The molecule has 0 aromatic heterocycles. The lowest BCUT2D eigenvalue weighted by Crippen LogP contribution is -2.29. The highest BCUT2D eigenvalue weighted by atomic mass is 31.2. The quantitative estimate of drug-likeness (QED) is 0.0283. The maximum Gasteiger partial charge on any atom is 0.472 e. The van der Waals surface area contributed by atoms with Crippen LogP contribution in [0.4, 0.5) is 0 Å². The van der Waals surface area contributed by atoms with E-state index in [1.54, 1.807) is 0 Å². The molecule has 0 radical (unpaired) electrons. The van der Waals surface area contributed by atoms with Crippen molar-refractivity contribution in [2.24, 2.45) is 5.73 Å². The molecule has 3 N–H and O–H groups in total. The Morgan fingerprint density at radius 2 is 1.06 bits per heavy atom. The molecule has 0 aromatic rings. The van der Waals surface area contributed by atoms with Crippen molar-refractivity contribution in [3.8, 4) is 0 Å². The molecule has 0 spiro atoms. The molecular weight excluding hydrogens is 629 g/mol. The standard InChI is InChI=1S/C38H72NO8P/c1-3-5-7-9-11-13-15-16-17-18-19-20-21-23-25-27-29-31-38(41)47-36(35-46-48(42,43)45-33-32-39)34-44-37(40)30-28-26-24-22-14-12-10-8-6-4-2/h8,10,16-17,36H,3-7,9,11-15,18-35,39H2,1-2H3,(H,42,43)/b10-8-,17-16-. The van der Waals surface area contributed by atoms with Crippen LogP contribution in [0, 0.1) is 0 Å². The number of unbranched alkanes of at least 4 members (excludes halogenated alkanes) is 19. The fourth-order valence-electron chi connectivity index (χ4n) is 5.16. The van der Waals surface area contributed by atoms with Crippen molar-refractivity contribution in [3.63, 3.8) is 0 Å². The summed E-state index contributed by atoms with van der Waals surface area (Å²) in [5.74, 6) is -0.845. The summed E-state index contributed by atoms with van der Waals surface area (Å²) in [6.07, 6.45) is 35.0. The van der Waals surface area contributed by atoms with Gasteiger partial charge in [0.05, 0.1) is 13.2 Å². The van der Waals surface area contributed by atoms with E-state index in [1.165, 1.54) is 70.6 Å². The van der Waals surface area contributed by atoms with Gasteiger partial charge in [-0.2, -0.15) is 0 Å². The van der Waals surface area contributed by atoms with Crippen LogP contribution in [0.2, 0.25) is 0 Å². The number of allylic oxidation sites excluding steroid dienone is 4. The summed E-state index contributed by atoms with van der Waals surface area (Å²) in [6.45, 7) is 3.64. The highest BCUT2D eigenvalue weighted by molar-refractivity contribution is 7.47. The second kappa shape index (κ2) is 35.3. The highest BCUT2D eigenvalue weighted by Gasteiger charge is 2.25. The molecule has 0 rings (SSSR count). The zero-order valence-corrected chi connectivity index (χ0v) is 31.6. The topological polar surface area (TPSA) is 134 Å². The number of carbonyl (C=O) groups is 2. The number of nitrogens with two attached hydrogens (primary N) is 1. The van der Waals surface area contributed by atoms with E-state index < -0.39 is 32.5 Å². The van der Waals surface area contributed by atoms with Crippen LogP contribution < -0.4 is 5.73 Å². The minimum atomic E-state index is -4.37. The number of ether oxygens (including phenoxy) is 2. The van der Waals surface area contributed by atoms with Crippen molar-refractivity contribution < 1.29 is 37.6 Å². The molecule has 48 heavy (non-hydrogen) atoms. The van der Waals surface area contributed by atoms with Gasteiger partial charge in [-0.15, -0.1) is 0 Å². The van der Waals surface area contributed by atoms with Crippen molar-refractivity contribution in [1.82, 2.24) is 0 Å². The molecule has 0 amide bonds. The Morgan fingerprint density at radius 3 is 1.56 bits per heavy atom. The molecule has 0 fully saturated rings. The monoisotopic (exact) mass is 701 g/mol. The van der Waals surface area contributed by atoms with Crippen molar-refractivity contribution in [2.75, 3.05) is 26.4 Å². The molecule has 0 saturated heterocycles. The van der Waals surface area contributed by atoms with Gasteiger partial charge in [0, 0.05) is 19.4 Å². The van der Waals surface area contributed by atoms with Gasteiger partial charge in [-0.25, -0.2) is 4.57 Å². The first-order chi connectivity index (χ1) is 23.3. The molecule has 0 saturated carbocycles. The number of esters is 2. The number of phosphoric ester groups is 1. The summed E-state index contributed by atoms with van der Waals surface area (Å²) in [7, 11) is -4.37. The lowest BCUT2D eigenvalue weighted by Gasteiger charge is -2.19. The van der Waals surface area contributed by atoms with Crippen LogP contribution in [0.15, 0.2) is 24.3 Å². The summed E-state index contributed by atoms with van der Waals surface area (Å²) in [4.78, 5) is 34.6. The van der Waals surface area contributed by atoms with E-state index in [9.17, 15) is 19.0 Å². The summed E-state index contributed by atoms with van der Waals surface area (Å²) in [6, 6.07) is 0. The third-order valence-corrected chi connectivity index (χ3v) is 9.02. The molecule has 282 valence electrons. The molecule has 2 unspecified atom stereocenters. The van der Waals surface area contributed by atoms with E-state index in [-0.39, 0.29) is 32.6 Å². The Bertz CT molecular complexity index is 851. The Labute approximate surface area is 293 Å². The Kier molecular flexibility index (Phi) is 34.2. The van der Waals surface area contributed by atoms with Gasteiger partial charge in [-0.1, -0.05) is 128 Å². The van der Waals surface area contributed by atoms with Gasteiger partial charge in [-0.3, -0.25) is 18.6 Å². The lowest BCUT2D eigenvalue weighted by atomic mass is 10.1. The van der Waals surface area contributed by atoms with Crippen LogP contribution in [0.5, 0.6) is 0 Å². The van der Waals surface area contributed by atoms with Gasteiger partial charge >= 0.3 is 19.8 Å². The first-order valence-corrected chi connectivity index (χ1v) is 20.8. The predicted octanol–water partition coefficient (Wildman–Crippen LogP) is 10.4. The molecule has 9 nitrogen and oxygen atoms in total. The Morgan fingerprint density at radius 1 is 0.604 bits per heavy atom. The van der Waals surface area contributed by atoms with E-state index >= 15 is 0 Å². The van der Waals surface area contributed by atoms with Gasteiger partial charge < -0.3 is 20.1 Å². The number of hydrogen-bond donors (Lipinski definition) is 2. The maximum absolute atomic E-state index is 12.5. The van der Waals surface area contributed by atoms with Gasteiger partial charge in [0.1, 0.15) is 6.61 Å². The predicted molar refractivity (Wildman–Crippen MR) is 197 cm³/mol. The maximum atomic E-state index is 12.5. The lowest BCUT2D eigenvalue weighted by molar-refractivity contribution is -0.161. The van der Waals surface area contributed by atoms with E-state index in [0.717, 1.165) is 70.6 Å². The third-order valence-electron chi connectivity index (χ3n) is 8.04. The minimum Gasteiger partial charge on any atom is -0.462 e. The van der Waals surface area contributed by atoms with Crippen molar-refractivity contribution >= 4 is 19.8 Å². The average molecular weight is 702 g/mol. The van der Waals surface area contributed by atoms with Gasteiger partial charge in [0.2, 0.25) is 0 Å². The second-order valence-electron chi connectivity index (χ2n) is 12.8. The van der Waals surface area contributed by atoms with E-state index in [2.05, 4.69) is 38.2 Å². The zero-order chi connectivity index (χ0) is 35.4. The van der Waals surface area contributed by atoms with E-state index in [1.807, 2.05) is 0 Å². The molecule has 0 heterocycles. The van der Waals surface area contributed by atoms with Crippen molar-refractivity contribution in [3.05, 3.63) is 24.3 Å². The zero-order valence-electron chi connectivity index (χ0n) is 30.7. The van der Waals surface area contributed by atoms with Crippen LogP contribution in [-0.2, 0) is 32.7 Å². The summed E-state index contributed by atoms with van der Waals surface area (Å²) >= 11 is 0. The smallest absolute Gasteiger partial charge is 0.462 e. The first-order valence-electron chi connectivity index (χ1n) is 19.3. The fourth-order valence-corrected chi connectivity index (χ4v) is 5.92. The molecular formula is C38H72NO8P. The normalized spacial score (nSPS) is 13.7. The molecule has 2 atom stereocenters. The minimum absolute atomic E-state index is 0.0522. The van der Waals surface area contributed by atoms with Gasteiger partial charge in [0.25, 0.3) is 0 Å². The van der Waals surface area contributed by atoms with Crippen LogP contribution in [0.1, 0.15) is 174 Å². The van der Waals surface area contributed by atoms with Crippen LogP contribution >= 0.6 is 7.82 Å². The Balaban J connectivity index is 4.19. The van der Waals surface area contributed by atoms with Gasteiger partial charge in [0.15, 0.2) is 6.10 Å². The average Bonchev–Trinajstić information content (AvgIpc) is 3.07. The molecule has 0 aliphatic rings. The van der Waals surface area contributed by atoms with Crippen LogP contribution in [0.3, 0.4) is 0 Å². The number of carbonyl (C=O) groups excluding carboxylic acids is 2. The highest BCUT2D eigenvalue weighted by Crippen LogP contribution is 2.43. The van der Waals surface area contributed by atoms with E-state index in [0.29, 0.717) is 6.42 Å². The largest absolute Gasteiger partial charge is 0.472 e. The number of hydrogen-bond acceptors (Lipinski definition) is 8.